The van der Waals surface area contributed by atoms with Gasteiger partial charge in [0.1, 0.15) is 6.07 Å². The number of nitrogens with zero attached hydrogens (tertiary/aromatic N) is 3. The van der Waals surface area contributed by atoms with Gasteiger partial charge in [0.25, 0.3) is 0 Å². The number of aliphatic imine (C=N–C) groups is 1. The van der Waals surface area contributed by atoms with E-state index in [1.54, 1.807) is 11.0 Å². The minimum atomic E-state index is 0.510. The molecular formula is C13H15N3S2. The number of nitriles is 1. The van der Waals surface area contributed by atoms with Gasteiger partial charge in [0.05, 0.1) is 5.69 Å². The highest BCUT2D eigenvalue weighted by Gasteiger charge is 2.13. The van der Waals surface area contributed by atoms with Crippen LogP contribution in [0.2, 0.25) is 0 Å². The van der Waals surface area contributed by atoms with Gasteiger partial charge in [-0.15, -0.1) is 0 Å². The summed E-state index contributed by atoms with van der Waals surface area (Å²) in [6.07, 6.45) is 2.51. The summed E-state index contributed by atoms with van der Waals surface area (Å²) in [5.74, 6) is 0. The van der Waals surface area contributed by atoms with Crippen molar-refractivity contribution >= 4 is 32.5 Å². The molecule has 1 heterocycles. The maximum atomic E-state index is 9.08. The van der Waals surface area contributed by atoms with Crippen molar-refractivity contribution in [1.29, 1.82) is 5.26 Å². The topological polar surface area (TPSA) is 39.4 Å². The summed E-state index contributed by atoms with van der Waals surface area (Å²) in [4.78, 5) is 4.35. The molecule has 0 spiro atoms. The van der Waals surface area contributed by atoms with E-state index in [1.165, 1.54) is 29.2 Å². The standard InChI is InChI=1S/C13H15N3S2/c1-11-4-6-12(7-5-11)15-13(10-14)17-18-16-8-2-3-9-16/h4-7H,2-3,8-9H2,1H3. The lowest BCUT2D eigenvalue weighted by Gasteiger charge is -2.10. The van der Waals surface area contributed by atoms with Crippen LogP contribution >= 0.6 is 21.8 Å². The SMILES string of the molecule is Cc1ccc(N=C(C#N)SSN2CCCC2)cc1. The van der Waals surface area contributed by atoms with Gasteiger partial charge in [-0.3, -0.25) is 0 Å². The van der Waals surface area contributed by atoms with Crippen molar-refractivity contribution in [2.24, 2.45) is 4.99 Å². The van der Waals surface area contributed by atoms with E-state index in [0.29, 0.717) is 5.04 Å². The molecule has 5 heteroatoms. The molecule has 1 fully saturated rings. The number of hydrogen-bond donors (Lipinski definition) is 0. The molecule has 18 heavy (non-hydrogen) atoms. The van der Waals surface area contributed by atoms with Gasteiger partial charge in [-0.1, -0.05) is 17.7 Å². The zero-order chi connectivity index (χ0) is 12.8. The zero-order valence-electron chi connectivity index (χ0n) is 10.3. The van der Waals surface area contributed by atoms with Gasteiger partial charge in [0.2, 0.25) is 0 Å². The van der Waals surface area contributed by atoms with Crippen molar-refractivity contribution in [1.82, 2.24) is 4.31 Å². The first-order valence-corrected chi connectivity index (χ1v) is 8.03. The van der Waals surface area contributed by atoms with Crippen molar-refractivity contribution in [2.45, 2.75) is 19.8 Å². The first kappa shape index (κ1) is 13.5. The van der Waals surface area contributed by atoms with E-state index in [0.717, 1.165) is 18.8 Å². The fraction of sp³-hybridized carbons (Fsp3) is 0.385. The minimum absolute atomic E-state index is 0.510. The second-order valence-corrected chi connectivity index (χ2v) is 6.32. The Morgan fingerprint density at radius 1 is 1.28 bits per heavy atom. The van der Waals surface area contributed by atoms with E-state index >= 15 is 0 Å². The summed E-state index contributed by atoms with van der Waals surface area (Å²) in [7, 11) is 3.09. The smallest absolute Gasteiger partial charge is 0.186 e. The third-order valence-corrected chi connectivity index (χ3v) is 4.97. The van der Waals surface area contributed by atoms with E-state index < -0.39 is 0 Å². The maximum Gasteiger partial charge on any atom is 0.186 e. The Labute approximate surface area is 116 Å². The van der Waals surface area contributed by atoms with Gasteiger partial charge >= 0.3 is 0 Å². The van der Waals surface area contributed by atoms with Crippen molar-refractivity contribution in [3.8, 4) is 6.07 Å². The molecule has 1 aliphatic heterocycles. The molecule has 1 aromatic carbocycles. The summed E-state index contributed by atoms with van der Waals surface area (Å²) < 4.78 is 2.28. The summed E-state index contributed by atoms with van der Waals surface area (Å²) in [6, 6.07) is 10.0. The first-order chi connectivity index (χ1) is 8.78. The summed E-state index contributed by atoms with van der Waals surface area (Å²) in [6.45, 7) is 4.26. The Balaban J connectivity index is 1.95. The molecule has 3 nitrogen and oxygen atoms in total. The van der Waals surface area contributed by atoms with Crippen molar-refractivity contribution in [2.75, 3.05) is 13.1 Å². The van der Waals surface area contributed by atoms with Gasteiger partial charge in [-0.05, 0) is 53.7 Å². The largest absolute Gasteiger partial charge is 0.241 e. The highest BCUT2D eigenvalue weighted by molar-refractivity contribution is 8.81. The lowest BCUT2D eigenvalue weighted by Crippen LogP contribution is -2.07. The summed E-state index contributed by atoms with van der Waals surface area (Å²) in [5.41, 5.74) is 2.04. The maximum absolute atomic E-state index is 9.08. The molecule has 0 aliphatic carbocycles. The lowest BCUT2D eigenvalue weighted by molar-refractivity contribution is 0.593. The van der Waals surface area contributed by atoms with Crippen LogP contribution in [0.1, 0.15) is 18.4 Å². The molecule has 2 rings (SSSR count). The summed E-state index contributed by atoms with van der Waals surface area (Å²) >= 11 is 0. The third-order valence-electron chi connectivity index (χ3n) is 2.65. The van der Waals surface area contributed by atoms with E-state index in [9.17, 15) is 0 Å². The van der Waals surface area contributed by atoms with Gasteiger partial charge in [0.15, 0.2) is 5.04 Å². The Bertz CT molecular complexity index is 456. The predicted molar refractivity (Wildman–Crippen MR) is 79.9 cm³/mol. The predicted octanol–water partition coefficient (Wildman–Crippen LogP) is 3.94. The Kier molecular flexibility index (Phi) is 5.12. The first-order valence-electron chi connectivity index (χ1n) is 5.93. The van der Waals surface area contributed by atoms with Gasteiger partial charge in [-0.25, -0.2) is 9.30 Å². The molecular weight excluding hydrogens is 262 g/mol. The van der Waals surface area contributed by atoms with Crippen LogP contribution in [0.4, 0.5) is 5.69 Å². The fourth-order valence-corrected chi connectivity index (χ4v) is 3.61. The van der Waals surface area contributed by atoms with Crippen molar-refractivity contribution in [3.63, 3.8) is 0 Å². The molecule has 1 saturated heterocycles. The van der Waals surface area contributed by atoms with Gasteiger partial charge in [0, 0.05) is 13.1 Å². The zero-order valence-corrected chi connectivity index (χ0v) is 11.9. The number of hydrogen-bond acceptors (Lipinski definition) is 5. The molecule has 0 atom stereocenters. The Morgan fingerprint density at radius 3 is 2.56 bits per heavy atom. The van der Waals surface area contributed by atoms with Gasteiger partial charge < -0.3 is 0 Å². The minimum Gasteiger partial charge on any atom is -0.241 e. The molecule has 0 aromatic heterocycles. The molecule has 0 unspecified atom stereocenters. The van der Waals surface area contributed by atoms with Crippen LogP contribution in [0.15, 0.2) is 29.3 Å². The van der Waals surface area contributed by atoms with Crippen molar-refractivity contribution < 1.29 is 0 Å². The molecule has 1 aliphatic rings. The second-order valence-electron chi connectivity index (χ2n) is 4.16. The van der Waals surface area contributed by atoms with Crippen LogP contribution in [-0.2, 0) is 0 Å². The highest BCUT2D eigenvalue weighted by Crippen LogP contribution is 2.31. The van der Waals surface area contributed by atoms with E-state index in [1.807, 2.05) is 31.2 Å². The lowest BCUT2D eigenvalue weighted by atomic mass is 10.2. The molecule has 0 bridgehead atoms. The third kappa shape index (κ3) is 4.05. The monoisotopic (exact) mass is 277 g/mol. The summed E-state index contributed by atoms with van der Waals surface area (Å²) in [5, 5.41) is 9.59. The quantitative estimate of drug-likeness (QED) is 0.363. The average molecular weight is 277 g/mol. The molecule has 0 radical (unpaired) electrons. The van der Waals surface area contributed by atoms with E-state index in [-0.39, 0.29) is 0 Å². The fourth-order valence-electron chi connectivity index (χ4n) is 1.65. The van der Waals surface area contributed by atoms with Crippen molar-refractivity contribution in [3.05, 3.63) is 29.8 Å². The van der Waals surface area contributed by atoms with Crippen LogP contribution in [-0.4, -0.2) is 22.4 Å². The van der Waals surface area contributed by atoms with Crippen LogP contribution in [0.25, 0.3) is 0 Å². The molecule has 0 amide bonds. The molecule has 0 N–H and O–H groups in total. The molecule has 94 valence electrons. The number of rotatable bonds is 3. The van der Waals surface area contributed by atoms with Crippen LogP contribution in [0.3, 0.4) is 0 Å². The molecule has 1 aromatic rings. The van der Waals surface area contributed by atoms with Crippen LogP contribution < -0.4 is 0 Å². The number of aryl methyl sites for hydroxylation is 1. The van der Waals surface area contributed by atoms with Crippen LogP contribution in [0.5, 0.6) is 0 Å². The van der Waals surface area contributed by atoms with Gasteiger partial charge in [-0.2, -0.15) is 5.26 Å². The van der Waals surface area contributed by atoms with Crippen LogP contribution in [0, 0.1) is 18.3 Å². The second kappa shape index (κ2) is 6.83. The van der Waals surface area contributed by atoms with E-state index in [4.69, 9.17) is 5.26 Å². The Hall–Kier alpha value is -0.960. The average Bonchev–Trinajstić information content (AvgIpc) is 2.90. The number of benzene rings is 1. The molecule has 0 saturated carbocycles. The Morgan fingerprint density at radius 2 is 1.94 bits per heavy atom. The highest BCUT2D eigenvalue weighted by atomic mass is 33.1. The van der Waals surface area contributed by atoms with E-state index in [2.05, 4.69) is 15.4 Å². The normalized spacial score (nSPS) is 16.8.